The first-order valence-electron chi connectivity index (χ1n) is 9.38. The highest BCUT2D eigenvalue weighted by Gasteiger charge is 2.31. The van der Waals surface area contributed by atoms with E-state index in [4.69, 9.17) is 0 Å². The maximum atomic E-state index is 12.7. The van der Waals surface area contributed by atoms with Gasteiger partial charge >= 0.3 is 0 Å². The summed E-state index contributed by atoms with van der Waals surface area (Å²) in [6, 6.07) is 7.05. The Morgan fingerprint density at radius 1 is 1.21 bits per heavy atom. The summed E-state index contributed by atoms with van der Waals surface area (Å²) in [5, 5.41) is 5.12. The molecule has 1 aromatic carbocycles. The van der Waals surface area contributed by atoms with Crippen LogP contribution >= 0.6 is 11.3 Å². The van der Waals surface area contributed by atoms with Crippen LogP contribution in [-0.2, 0) is 10.2 Å². The fraction of sp³-hybridized carbons (Fsp3) is 0.474. The molecule has 28 heavy (non-hydrogen) atoms. The Kier molecular flexibility index (Phi) is 6.49. The second-order valence-electron chi connectivity index (χ2n) is 7.29. The lowest BCUT2D eigenvalue weighted by atomic mass is 10.1. The molecule has 9 heteroatoms. The number of aryl methyl sites for hydroxylation is 1. The van der Waals surface area contributed by atoms with Crippen LogP contribution in [0.3, 0.4) is 0 Å². The molecule has 0 spiro atoms. The molecular weight excluding hydrogens is 396 g/mol. The van der Waals surface area contributed by atoms with Gasteiger partial charge in [0.15, 0.2) is 0 Å². The predicted octanol–water partition coefficient (Wildman–Crippen LogP) is 3.33. The molecule has 0 aliphatic carbocycles. The number of rotatable bonds is 7. The fourth-order valence-corrected chi connectivity index (χ4v) is 5.76. The van der Waals surface area contributed by atoms with E-state index in [1.807, 2.05) is 45.0 Å². The number of thiazole rings is 1. The van der Waals surface area contributed by atoms with E-state index in [0.717, 1.165) is 24.1 Å². The van der Waals surface area contributed by atoms with Crippen molar-refractivity contribution in [2.45, 2.75) is 39.7 Å². The van der Waals surface area contributed by atoms with Crippen molar-refractivity contribution < 1.29 is 13.2 Å². The van der Waals surface area contributed by atoms with Crippen molar-refractivity contribution in [3.8, 4) is 0 Å². The highest BCUT2D eigenvalue weighted by Crippen LogP contribution is 2.27. The van der Waals surface area contributed by atoms with Gasteiger partial charge in [-0.3, -0.25) is 4.79 Å². The van der Waals surface area contributed by atoms with Gasteiger partial charge in [-0.05, 0) is 37.3 Å². The summed E-state index contributed by atoms with van der Waals surface area (Å²) >= 11 is 1.29. The highest BCUT2D eigenvalue weighted by molar-refractivity contribution is 7.87. The van der Waals surface area contributed by atoms with E-state index in [1.54, 1.807) is 5.38 Å². The van der Waals surface area contributed by atoms with Crippen molar-refractivity contribution in [2.24, 2.45) is 5.92 Å². The summed E-state index contributed by atoms with van der Waals surface area (Å²) in [4.78, 5) is 17.0. The molecule has 1 atom stereocenters. The number of amides is 1. The van der Waals surface area contributed by atoms with Gasteiger partial charge in [-0.2, -0.15) is 17.4 Å². The molecular formula is C19H26N4O3S2. The van der Waals surface area contributed by atoms with Gasteiger partial charge in [0.05, 0.1) is 6.04 Å². The topological polar surface area (TPSA) is 91.4 Å². The Balaban J connectivity index is 1.76. The maximum absolute atomic E-state index is 12.7. The summed E-state index contributed by atoms with van der Waals surface area (Å²) in [6.45, 7) is 6.88. The van der Waals surface area contributed by atoms with Crippen molar-refractivity contribution in [1.29, 1.82) is 0 Å². The van der Waals surface area contributed by atoms with E-state index in [0.29, 0.717) is 18.1 Å². The van der Waals surface area contributed by atoms with E-state index >= 15 is 0 Å². The van der Waals surface area contributed by atoms with E-state index in [2.05, 4.69) is 15.0 Å². The van der Waals surface area contributed by atoms with Crippen LogP contribution in [0.4, 0.5) is 5.69 Å². The molecule has 1 aliphatic rings. The summed E-state index contributed by atoms with van der Waals surface area (Å²) < 4.78 is 29.6. The average Bonchev–Trinajstić information content (AvgIpc) is 3.34. The zero-order valence-corrected chi connectivity index (χ0v) is 17.9. The molecule has 0 radical (unpaired) electrons. The lowest BCUT2D eigenvalue weighted by Crippen LogP contribution is -2.42. The van der Waals surface area contributed by atoms with E-state index in [-0.39, 0.29) is 17.5 Å². The number of nitrogens with zero attached hydrogens (tertiary/aromatic N) is 2. The number of carbonyl (C=O) groups is 1. The second kappa shape index (κ2) is 8.69. The SMILES string of the molecule is Cc1ccccc1NC(=O)c1csc([C@H](NS(=O)(=O)N2CCCC2)C(C)C)n1. The molecule has 1 aliphatic heterocycles. The molecule has 1 saturated heterocycles. The number of hydrogen-bond acceptors (Lipinski definition) is 5. The van der Waals surface area contributed by atoms with Gasteiger partial charge in [-0.1, -0.05) is 32.0 Å². The van der Waals surface area contributed by atoms with Gasteiger partial charge in [0, 0.05) is 24.2 Å². The first-order valence-corrected chi connectivity index (χ1v) is 11.7. The summed E-state index contributed by atoms with van der Waals surface area (Å²) in [6.07, 6.45) is 1.77. The Labute approximate surface area is 170 Å². The molecule has 1 fully saturated rings. The predicted molar refractivity (Wildman–Crippen MR) is 112 cm³/mol. The van der Waals surface area contributed by atoms with E-state index in [9.17, 15) is 13.2 Å². The van der Waals surface area contributed by atoms with Gasteiger partial charge in [0.1, 0.15) is 10.7 Å². The van der Waals surface area contributed by atoms with Crippen molar-refractivity contribution in [3.05, 3.63) is 45.9 Å². The summed E-state index contributed by atoms with van der Waals surface area (Å²) in [5.74, 6) is -0.308. The lowest BCUT2D eigenvalue weighted by molar-refractivity contribution is 0.102. The van der Waals surface area contributed by atoms with E-state index in [1.165, 1.54) is 15.6 Å². The number of para-hydroxylation sites is 1. The van der Waals surface area contributed by atoms with E-state index < -0.39 is 16.3 Å². The Morgan fingerprint density at radius 3 is 2.54 bits per heavy atom. The zero-order valence-electron chi connectivity index (χ0n) is 16.3. The number of benzene rings is 1. The molecule has 152 valence electrons. The molecule has 1 amide bonds. The Hall–Kier alpha value is -1.81. The van der Waals surface area contributed by atoms with Crippen molar-refractivity contribution in [2.75, 3.05) is 18.4 Å². The molecule has 2 aromatic rings. The minimum Gasteiger partial charge on any atom is -0.320 e. The second-order valence-corrected chi connectivity index (χ2v) is 9.88. The first-order chi connectivity index (χ1) is 13.3. The molecule has 7 nitrogen and oxygen atoms in total. The molecule has 0 unspecified atom stereocenters. The third-order valence-corrected chi connectivity index (χ3v) is 7.29. The van der Waals surface area contributed by atoms with Crippen LogP contribution in [-0.4, -0.2) is 36.7 Å². The standard InChI is InChI=1S/C19H26N4O3S2/c1-13(2)17(22-28(25,26)23-10-6-7-11-23)19-21-16(12-27-19)18(24)20-15-9-5-4-8-14(15)3/h4-5,8-9,12-13,17,22H,6-7,10-11H2,1-3H3,(H,20,24)/t17-/m1/s1. The smallest absolute Gasteiger partial charge is 0.280 e. The van der Waals surface area contributed by atoms with Crippen LogP contribution in [0.1, 0.15) is 53.8 Å². The third-order valence-electron chi connectivity index (χ3n) is 4.76. The number of nitrogens with one attached hydrogen (secondary N) is 2. The molecule has 0 bridgehead atoms. The number of aromatic nitrogens is 1. The van der Waals surface area contributed by atoms with Gasteiger partial charge in [0.2, 0.25) is 0 Å². The minimum atomic E-state index is -3.57. The zero-order chi connectivity index (χ0) is 20.3. The average molecular weight is 423 g/mol. The number of anilines is 1. The van der Waals surface area contributed by atoms with Crippen LogP contribution in [0.15, 0.2) is 29.6 Å². The highest BCUT2D eigenvalue weighted by atomic mass is 32.2. The third kappa shape index (κ3) is 4.78. The monoisotopic (exact) mass is 422 g/mol. The molecule has 3 rings (SSSR count). The largest absolute Gasteiger partial charge is 0.320 e. The van der Waals surface area contributed by atoms with Crippen LogP contribution in [0.25, 0.3) is 0 Å². The van der Waals surface area contributed by atoms with Gasteiger partial charge < -0.3 is 5.32 Å². The summed E-state index contributed by atoms with van der Waals surface area (Å²) in [5.41, 5.74) is 1.98. The Bertz CT molecular complexity index is 934. The lowest BCUT2D eigenvalue weighted by Gasteiger charge is -2.24. The van der Waals surface area contributed by atoms with Gasteiger partial charge in [-0.25, -0.2) is 4.98 Å². The quantitative estimate of drug-likeness (QED) is 0.716. The Morgan fingerprint density at radius 2 is 1.89 bits per heavy atom. The number of carbonyl (C=O) groups excluding carboxylic acids is 1. The van der Waals surface area contributed by atoms with Crippen LogP contribution in [0.5, 0.6) is 0 Å². The van der Waals surface area contributed by atoms with Crippen molar-refractivity contribution >= 4 is 33.1 Å². The first kappa shape index (κ1) is 20.9. The van der Waals surface area contributed by atoms with Crippen molar-refractivity contribution in [1.82, 2.24) is 14.0 Å². The summed E-state index contributed by atoms with van der Waals surface area (Å²) in [7, 11) is -3.57. The van der Waals surface area contributed by atoms with Crippen LogP contribution in [0.2, 0.25) is 0 Å². The molecule has 1 aromatic heterocycles. The molecule has 2 N–H and O–H groups in total. The normalized spacial score (nSPS) is 16.4. The fourth-order valence-electron chi connectivity index (χ4n) is 3.07. The van der Waals surface area contributed by atoms with Crippen LogP contribution < -0.4 is 10.0 Å². The maximum Gasteiger partial charge on any atom is 0.280 e. The minimum absolute atomic E-state index is 0.00388. The number of hydrogen-bond donors (Lipinski definition) is 2. The van der Waals surface area contributed by atoms with Crippen molar-refractivity contribution in [3.63, 3.8) is 0 Å². The molecule has 0 saturated carbocycles. The van der Waals surface area contributed by atoms with Crippen LogP contribution in [0, 0.1) is 12.8 Å². The van der Waals surface area contributed by atoms with Gasteiger partial charge in [-0.15, -0.1) is 11.3 Å². The van der Waals surface area contributed by atoms with Gasteiger partial charge in [0.25, 0.3) is 16.1 Å². The molecule has 2 heterocycles.